The van der Waals surface area contributed by atoms with Gasteiger partial charge in [-0.15, -0.1) is 0 Å². The average molecular weight is 236 g/mol. The molecule has 0 radical (unpaired) electrons. The number of aromatic nitrogens is 2. The van der Waals surface area contributed by atoms with Crippen LogP contribution in [-0.4, -0.2) is 22.0 Å². The molecule has 1 fully saturated rings. The van der Waals surface area contributed by atoms with Crippen molar-refractivity contribution in [2.75, 3.05) is 6.54 Å². The molecule has 1 atom stereocenters. The Morgan fingerprint density at radius 3 is 2.88 bits per heavy atom. The van der Waals surface area contributed by atoms with Crippen LogP contribution in [-0.2, 0) is 4.79 Å². The molecule has 3 N–H and O–H groups in total. The summed E-state index contributed by atoms with van der Waals surface area (Å²) >= 11 is 0. The van der Waals surface area contributed by atoms with Gasteiger partial charge in [-0.3, -0.25) is 4.79 Å². The molecule has 1 heterocycles. The van der Waals surface area contributed by atoms with Gasteiger partial charge in [0.25, 0.3) is 0 Å². The first-order valence-electron chi connectivity index (χ1n) is 6.14. The van der Waals surface area contributed by atoms with E-state index >= 15 is 0 Å². The molecule has 1 aliphatic carbocycles. The third-order valence-corrected chi connectivity index (χ3v) is 3.14. The molecule has 17 heavy (non-hydrogen) atoms. The quantitative estimate of drug-likeness (QED) is 0.773. The van der Waals surface area contributed by atoms with Crippen LogP contribution in [0.4, 0.5) is 0 Å². The number of nitrogens with two attached hydrogens (primary N) is 1. The van der Waals surface area contributed by atoms with Gasteiger partial charge in [0.05, 0.1) is 18.2 Å². The molecule has 1 aromatic rings. The van der Waals surface area contributed by atoms with Crippen molar-refractivity contribution in [2.24, 2.45) is 11.7 Å². The highest BCUT2D eigenvalue weighted by molar-refractivity contribution is 5.80. The smallest absolute Gasteiger partial charge is 0.240 e. The molecule has 1 saturated carbocycles. The number of hydrogen-bond donors (Lipinski definition) is 2. The minimum atomic E-state index is -0.430. The van der Waals surface area contributed by atoms with Crippen molar-refractivity contribution in [1.82, 2.24) is 14.9 Å². The van der Waals surface area contributed by atoms with Gasteiger partial charge >= 0.3 is 0 Å². The Balaban J connectivity index is 2.12. The lowest BCUT2D eigenvalue weighted by molar-refractivity contribution is -0.120. The zero-order chi connectivity index (χ0) is 12.4. The molecule has 1 unspecified atom stereocenters. The predicted molar refractivity (Wildman–Crippen MR) is 65.3 cm³/mol. The molecular weight excluding hydrogens is 216 g/mol. The second kappa shape index (κ2) is 4.87. The van der Waals surface area contributed by atoms with Crippen LogP contribution in [0.25, 0.3) is 0 Å². The molecule has 1 amide bonds. The number of nitrogens with zero attached hydrogens (tertiary/aromatic N) is 2. The molecule has 0 saturated heterocycles. The summed E-state index contributed by atoms with van der Waals surface area (Å²) in [6.07, 6.45) is 5.97. The maximum atomic E-state index is 11.5. The Labute approximate surface area is 101 Å². The fourth-order valence-corrected chi connectivity index (χ4v) is 1.93. The summed E-state index contributed by atoms with van der Waals surface area (Å²) in [6, 6.07) is -0.155. The number of carbonyl (C=O) groups is 1. The van der Waals surface area contributed by atoms with Gasteiger partial charge in [0, 0.05) is 6.04 Å². The molecule has 1 aromatic heterocycles. The summed E-state index contributed by atoms with van der Waals surface area (Å²) in [7, 11) is 0. The lowest BCUT2D eigenvalue weighted by Crippen LogP contribution is -2.36. The van der Waals surface area contributed by atoms with E-state index in [4.69, 9.17) is 5.73 Å². The van der Waals surface area contributed by atoms with E-state index in [1.54, 1.807) is 12.5 Å². The van der Waals surface area contributed by atoms with Gasteiger partial charge < -0.3 is 15.6 Å². The number of nitrogens with one attached hydrogen (secondary N) is 1. The van der Waals surface area contributed by atoms with Crippen molar-refractivity contribution in [2.45, 2.75) is 38.8 Å². The third-order valence-electron chi connectivity index (χ3n) is 3.14. The summed E-state index contributed by atoms with van der Waals surface area (Å²) in [6.45, 7) is 4.98. The summed E-state index contributed by atoms with van der Waals surface area (Å²) in [4.78, 5) is 15.6. The van der Waals surface area contributed by atoms with Crippen molar-refractivity contribution in [3.8, 4) is 0 Å². The van der Waals surface area contributed by atoms with Crippen LogP contribution in [0.15, 0.2) is 12.5 Å². The zero-order valence-corrected chi connectivity index (χ0v) is 10.4. The zero-order valence-electron chi connectivity index (χ0n) is 10.4. The van der Waals surface area contributed by atoms with E-state index in [0.29, 0.717) is 5.92 Å². The van der Waals surface area contributed by atoms with Gasteiger partial charge in [-0.25, -0.2) is 4.98 Å². The number of imidazole rings is 1. The highest BCUT2D eigenvalue weighted by Crippen LogP contribution is 2.28. The topological polar surface area (TPSA) is 72.9 Å². The highest BCUT2D eigenvalue weighted by atomic mass is 16.1. The van der Waals surface area contributed by atoms with E-state index in [0.717, 1.165) is 12.2 Å². The van der Waals surface area contributed by atoms with Crippen molar-refractivity contribution in [1.29, 1.82) is 0 Å². The van der Waals surface area contributed by atoms with E-state index in [-0.39, 0.29) is 11.9 Å². The van der Waals surface area contributed by atoms with Crippen LogP contribution < -0.4 is 11.1 Å². The van der Waals surface area contributed by atoms with Gasteiger partial charge in [0.1, 0.15) is 6.04 Å². The third kappa shape index (κ3) is 2.85. The molecule has 0 bridgehead atoms. The molecule has 5 heteroatoms. The van der Waals surface area contributed by atoms with Gasteiger partial charge in [0.2, 0.25) is 5.91 Å². The second-order valence-electron chi connectivity index (χ2n) is 5.01. The number of rotatable bonds is 6. The Morgan fingerprint density at radius 1 is 1.65 bits per heavy atom. The van der Waals surface area contributed by atoms with E-state index < -0.39 is 6.04 Å². The Kier molecular flexibility index (Phi) is 3.47. The Bertz CT molecular complexity index is 395. The molecular formula is C12H20N4O. The Morgan fingerprint density at radius 2 is 2.35 bits per heavy atom. The normalized spacial score (nSPS) is 17.4. The van der Waals surface area contributed by atoms with Crippen molar-refractivity contribution in [3.63, 3.8) is 0 Å². The minimum absolute atomic E-state index is 0.275. The molecule has 94 valence electrons. The van der Waals surface area contributed by atoms with Crippen molar-refractivity contribution >= 4 is 5.91 Å². The van der Waals surface area contributed by atoms with Crippen molar-refractivity contribution < 1.29 is 4.79 Å². The highest BCUT2D eigenvalue weighted by Gasteiger charge is 2.26. The number of carbonyl (C=O) groups excluding carboxylic acids is 1. The summed E-state index contributed by atoms with van der Waals surface area (Å²) in [5.41, 5.74) is 6.32. The summed E-state index contributed by atoms with van der Waals surface area (Å²) in [5.74, 6) is 0.375. The van der Waals surface area contributed by atoms with E-state index in [1.807, 2.05) is 4.57 Å². The Hall–Kier alpha value is -1.36. The number of hydrogen-bond acceptors (Lipinski definition) is 3. The lowest BCUT2D eigenvalue weighted by atomic mass is 10.2. The van der Waals surface area contributed by atoms with Crippen LogP contribution in [0.3, 0.4) is 0 Å². The number of primary amides is 1. The first-order chi connectivity index (χ1) is 8.09. The first kappa shape index (κ1) is 12.1. The molecule has 0 aliphatic heterocycles. The SMILES string of the molecule is CC(C)n1cncc1C(NCC1CC1)C(N)=O. The van der Waals surface area contributed by atoms with Crippen LogP contribution >= 0.6 is 0 Å². The molecule has 2 rings (SSSR count). The fraction of sp³-hybridized carbons (Fsp3) is 0.667. The van der Waals surface area contributed by atoms with Crippen LogP contribution in [0.5, 0.6) is 0 Å². The van der Waals surface area contributed by atoms with E-state index in [9.17, 15) is 4.79 Å². The summed E-state index contributed by atoms with van der Waals surface area (Å²) in [5, 5.41) is 3.24. The average Bonchev–Trinajstić information content (AvgIpc) is 2.94. The van der Waals surface area contributed by atoms with E-state index in [2.05, 4.69) is 24.1 Å². The molecule has 1 aliphatic rings. The maximum Gasteiger partial charge on any atom is 0.240 e. The fourth-order valence-electron chi connectivity index (χ4n) is 1.93. The van der Waals surface area contributed by atoms with Gasteiger partial charge in [0.15, 0.2) is 0 Å². The van der Waals surface area contributed by atoms with E-state index in [1.165, 1.54) is 12.8 Å². The molecule has 5 nitrogen and oxygen atoms in total. The first-order valence-corrected chi connectivity index (χ1v) is 6.14. The largest absolute Gasteiger partial charge is 0.368 e. The standard InChI is InChI=1S/C12H20N4O/c1-8(2)16-7-14-6-10(16)11(12(13)17)15-5-9-3-4-9/h6-9,11,15H,3-5H2,1-2H3,(H2,13,17). The monoisotopic (exact) mass is 236 g/mol. The minimum Gasteiger partial charge on any atom is -0.368 e. The van der Waals surface area contributed by atoms with Gasteiger partial charge in [-0.2, -0.15) is 0 Å². The van der Waals surface area contributed by atoms with Gasteiger partial charge in [-0.05, 0) is 39.2 Å². The van der Waals surface area contributed by atoms with Crippen LogP contribution in [0, 0.1) is 5.92 Å². The predicted octanol–water partition coefficient (Wildman–Crippen LogP) is 0.990. The van der Waals surface area contributed by atoms with Gasteiger partial charge in [-0.1, -0.05) is 0 Å². The molecule has 0 spiro atoms. The second-order valence-corrected chi connectivity index (χ2v) is 5.01. The summed E-state index contributed by atoms with van der Waals surface area (Å²) < 4.78 is 1.98. The molecule has 0 aromatic carbocycles. The van der Waals surface area contributed by atoms with Crippen LogP contribution in [0.1, 0.15) is 44.5 Å². The maximum absolute atomic E-state index is 11.5. The van der Waals surface area contributed by atoms with Crippen molar-refractivity contribution in [3.05, 3.63) is 18.2 Å². The number of amides is 1. The lowest BCUT2D eigenvalue weighted by Gasteiger charge is -2.19. The van der Waals surface area contributed by atoms with Crippen LogP contribution in [0.2, 0.25) is 0 Å².